The summed E-state index contributed by atoms with van der Waals surface area (Å²) in [5.41, 5.74) is 0. The van der Waals surface area contributed by atoms with Crippen LogP contribution in [0.2, 0.25) is 0 Å². The monoisotopic (exact) mass is 240 g/mol. The predicted octanol–water partition coefficient (Wildman–Crippen LogP) is 4.37. The van der Waals surface area contributed by atoms with Gasteiger partial charge in [0.05, 0.1) is 5.75 Å². The highest BCUT2D eigenvalue weighted by atomic mass is 32.2. The first-order valence-electron chi connectivity index (χ1n) is 6.57. The van der Waals surface area contributed by atoms with Gasteiger partial charge in [0, 0.05) is 11.7 Å². The molecule has 1 saturated carbocycles. The van der Waals surface area contributed by atoms with E-state index in [1.54, 1.807) is 0 Å². The zero-order chi connectivity index (χ0) is 11.6. The van der Waals surface area contributed by atoms with Crippen LogP contribution in [0, 0.1) is 0 Å². The van der Waals surface area contributed by atoms with E-state index in [0.29, 0.717) is 5.78 Å². The van der Waals surface area contributed by atoms with Gasteiger partial charge in [0.25, 0.3) is 0 Å². The van der Waals surface area contributed by atoms with Gasteiger partial charge in [-0.1, -0.05) is 25.3 Å². The maximum Gasteiger partial charge on any atom is 0.142 e. The molecule has 0 heterocycles. The predicted molar refractivity (Wildman–Crippen MR) is 73.0 cm³/mol. The van der Waals surface area contributed by atoms with E-state index >= 15 is 0 Å². The van der Waals surface area contributed by atoms with E-state index in [4.69, 9.17) is 0 Å². The van der Waals surface area contributed by atoms with Crippen molar-refractivity contribution in [3.05, 3.63) is 12.7 Å². The summed E-state index contributed by atoms with van der Waals surface area (Å²) >= 11 is 1.89. The highest BCUT2D eigenvalue weighted by Crippen LogP contribution is 2.29. The Morgan fingerprint density at radius 3 is 2.69 bits per heavy atom. The second-order valence-corrected chi connectivity index (χ2v) is 5.93. The van der Waals surface area contributed by atoms with E-state index in [1.807, 2.05) is 17.8 Å². The van der Waals surface area contributed by atoms with E-state index < -0.39 is 0 Å². The van der Waals surface area contributed by atoms with Crippen LogP contribution >= 0.6 is 11.8 Å². The molecule has 2 heteroatoms. The zero-order valence-electron chi connectivity index (χ0n) is 10.2. The highest BCUT2D eigenvalue weighted by Gasteiger charge is 2.16. The zero-order valence-corrected chi connectivity index (χ0v) is 11.1. The summed E-state index contributed by atoms with van der Waals surface area (Å²) in [5.74, 6) is 1.21. The second kappa shape index (κ2) is 8.86. The molecular formula is C14H24OS. The molecule has 1 aliphatic carbocycles. The maximum atomic E-state index is 11.6. The molecule has 1 nitrogen and oxygen atoms in total. The summed E-state index contributed by atoms with van der Waals surface area (Å²) in [6, 6.07) is 0. The quantitative estimate of drug-likeness (QED) is 0.440. The third-order valence-corrected chi connectivity index (χ3v) is 4.58. The van der Waals surface area contributed by atoms with Crippen LogP contribution in [-0.4, -0.2) is 16.8 Å². The fourth-order valence-corrected chi connectivity index (χ4v) is 3.36. The molecule has 0 aromatic rings. The molecule has 92 valence electrons. The summed E-state index contributed by atoms with van der Waals surface area (Å²) in [6.45, 7) is 3.70. The van der Waals surface area contributed by atoms with Crippen molar-refractivity contribution in [1.82, 2.24) is 0 Å². The van der Waals surface area contributed by atoms with Gasteiger partial charge in [-0.3, -0.25) is 4.79 Å². The van der Waals surface area contributed by atoms with Crippen molar-refractivity contribution in [1.29, 1.82) is 0 Å². The average molecular weight is 240 g/mol. The number of carbonyl (C=O) groups is 1. The number of Topliss-reactive ketones (excluding diaryl/α,β-unsaturated/α-hetero) is 1. The molecular weight excluding hydrogens is 216 g/mol. The molecule has 0 unspecified atom stereocenters. The van der Waals surface area contributed by atoms with Crippen LogP contribution in [0.4, 0.5) is 0 Å². The molecule has 1 rings (SSSR count). The Labute approximate surface area is 104 Å². The summed E-state index contributed by atoms with van der Waals surface area (Å²) in [4.78, 5) is 11.6. The molecule has 0 amide bonds. The topological polar surface area (TPSA) is 17.1 Å². The molecule has 1 fully saturated rings. The molecule has 0 aliphatic heterocycles. The third kappa shape index (κ3) is 6.37. The van der Waals surface area contributed by atoms with Crippen molar-refractivity contribution in [3.63, 3.8) is 0 Å². The fourth-order valence-electron chi connectivity index (χ4n) is 2.13. The Morgan fingerprint density at radius 1 is 1.25 bits per heavy atom. The van der Waals surface area contributed by atoms with Gasteiger partial charge >= 0.3 is 0 Å². The van der Waals surface area contributed by atoms with Crippen molar-refractivity contribution in [2.24, 2.45) is 0 Å². The number of ketones is 1. The first-order valence-corrected chi connectivity index (χ1v) is 7.62. The van der Waals surface area contributed by atoms with Gasteiger partial charge in [-0.25, -0.2) is 0 Å². The third-order valence-electron chi connectivity index (χ3n) is 3.15. The number of carbonyl (C=O) groups excluding carboxylic acids is 1. The largest absolute Gasteiger partial charge is 0.299 e. The molecule has 0 bridgehead atoms. The first kappa shape index (κ1) is 13.8. The van der Waals surface area contributed by atoms with Crippen LogP contribution < -0.4 is 0 Å². The molecule has 0 aromatic carbocycles. The Kier molecular flexibility index (Phi) is 7.65. The second-order valence-electron chi connectivity index (χ2n) is 4.64. The lowest BCUT2D eigenvalue weighted by molar-refractivity contribution is -0.116. The van der Waals surface area contributed by atoms with Crippen LogP contribution in [0.15, 0.2) is 12.7 Å². The lowest BCUT2D eigenvalue weighted by Gasteiger charge is -2.07. The normalized spacial score (nSPS) is 16.5. The molecule has 0 N–H and O–H groups in total. The summed E-state index contributed by atoms with van der Waals surface area (Å²) < 4.78 is 0. The Balaban J connectivity index is 1.91. The number of hydrogen-bond donors (Lipinski definition) is 0. The Morgan fingerprint density at radius 2 is 2.00 bits per heavy atom. The lowest BCUT2D eigenvalue weighted by Crippen LogP contribution is -2.05. The number of thioether (sulfide) groups is 1. The van der Waals surface area contributed by atoms with Gasteiger partial charge in [-0.05, 0) is 32.1 Å². The lowest BCUT2D eigenvalue weighted by atomic mass is 10.1. The van der Waals surface area contributed by atoms with Crippen LogP contribution in [0.3, 0.4) is 0 Å². The number of unbranched alkanes of at least 4 members (excludes halogenated alkanes) is 3. The Bertz CT molecular complexity index is 207. The minimum Gasteiger partial charge on any atom is -0.299 e. The molecule has 1 aliphatic rings. The van der Waals surface area contributed by atoms with E-state index in [0.717, 1.165) is 30.3 Å². The molecule has 16 heavy (non-hydrogen) atoms. The van der Waals surface area contributed by atoms with Gasteiger partial charge in [0.15, 0.2) is 0 Å². The first-order chi connectivity index (χ1) is 7.83. The van der Waals surface area contributed by atoms with Crippen molar-refractivity contribution < 1.29 is 4.79 Å². The van der Waals surface area contributed by atoms with Gasteiger partial charge < -0.3 is 0 Å². The van der Waals surface area contributed by atoms with Crippen LogP contribution in [-0.2, 0) is 4.79 Å². The summed E-state index contributed by atoms with van der Waals surface area (Å²) in [5, 5.41) is 0.782. The van der Waals surface area contributed by atoms with Crippen LogP contribution in [0.1, 0.15) is 57.8 Å². The highest BCUT2D eigenvalue weighted by molar-refractivity contribution is 8.00. The Hall–Kier alpha value is -0.240. The SMILES string of the molecule is C=CCCCCCC(=O)CSC1CCCC1. The number of hydrogen-bond acceptors (Lipinski definition) is 2. The van der Waals surface area contributed by atoms with E-state index in [2.05, 4.69) is 6.58 Å². The smallest absolute Gasteiger partial charge is 0.142 e. The van der Waals surface area contributed by atoms with Crippen LogP contribution in [0.5, 0.6) is 0 Å². The van der Waals surface area contributed by atoms with Gasteiger partial charge in [0.2, 0.25) is 0 Å². The van der Waals surface area contributed by atoms with Crippen molar-refractivity contribution in [2.45, 2.75) is 63.0 Å². The van der Waals surface area contributed by atoms with E-state index in [-0.39, 0.29) is 0 Å². The van der Waals surface area contributed by atoms with Gasteiger partial charge in [-0.15, -0.1) is 6.58 Å². The molecule has 0 atom stereocenters. The molecule has 0 aromatic heterocycles. The molecule has 0 saturated heterocycles. The van der Waals surface area contributed by atoms with Gasteiger partial charge in [0.1, 0.15) is 5.78 Å². The maximum absolute atomic E-state index is 11.6. The standard InChI is InChI=1S/C14H24OS/c1-2-3-4-5-6-9-13(15)12-16-14-10-7-8-11-14/h2,14H,1,3-12H2. The average Bonchev–Trinajstić information content (AvgIpc) is 2.79. The van der Waals surface area contributed by atoms with Crippen molar-refractivity contribution in [3.8, 4) is 0 Å². The number of rotatable bonds is 9. The minimum absolute atomic E-state index is 0.454. The van der Waals surface area contributed by atoms with E-state index in [1.165, 1.54) is 38.5 Å². The minimum atomic E-state index is 0.454. The van der Waals surface area contributed by atoms with Gasteiger partial charge in [-0.2, -0.15) is 11.8 Å². The summed E-state index contributed by atoms with van der Waals surface area (Å²) in [6.07, 6.45) is 12.7. The van der Waals surface area contributed by atoms with Crippen LogP contribution in [0.25, 0.3) is 0 Å². The van der Waals surface area contributed by atoms with E-state index in [9.17, 15) is 4.79 Å². The van der Waals surface area contributed by atoms with Crippen molar-refractivity contribution in [2.75, 3.05) is 5.75 Å². The summed E-state index contributed by atoms with van der Waals surface area (Å²) in [7, 11) is 0. The number of allylic oxidation sites excluding steroid dienone is 1. The fraction of sp³-hybridized carbons (Fsp3) is 0.786. The molecule has 0 radical (unpaired) electrons. The van der Waals surface area contributed by atoms with Crippen molar-refractivity contribution >= 4 is 17.5 Å². The molecule has 0 spiro atoms.